The van der Waals surface area contributed by atoms with E-state index in [9.17, 15) is 4.79 Å². The quantitative estimate of drug-likeness (QED) is 0.267. The number of allylic oxidation sites excluding steroid dienone is 2. The van der Waals surface area contributed by atoms with Gasteiger partial charge in [-0.05, 0) is 13.3 Å². The lowest BCUT2D eigenvalue weighted by atomic mass is 10.2. The molecule has 0 aromatic rings. The van der Waals surface area contributed by atoms with E-state index in [1.54, 1.807) is 19.1 Å². The van der Waals surface area contributed by atoms with Gasteiger partial charge in [-0.25, -0.2) is 4.79 Å². The van der Waals surface area contributed by atoms with Gasteiger partial charge in [0.25, 0.3) is 0 Å². The van der Waals surface area contributed by atoms with Crippen molar-refractivity contribution in [2.45, 2.75) is 13.3 Å². The standard InChI is InChI=1S/C9H12O2/c1-4-6-8(3)9(10)11-7-5-2/h4-5,7H,1,3,6H2,2H3. The topological polar surface area (TPSA) is 26.3 Å². The van der Waals surface area contributed by atoms with Crippen molar-refractivity contribution in [3.05, 3.63) is 37.1 Å². The molecule has 0 rings (SSSR count). The highest BCUT2D eigenvalue weighted by Crippen LogP contribution is 2.01. The highest BCUT2D eigenvalue weighted by atomic mass is 16.5. The van der Waals surface area contributed by atoms with Gasteiger partial charge in [-0.2, -0.15) is 0 Å². The summed E-state index contributed by atoms with van der Waals surface area (Å²) in [5.74, 6) is -0.400. The van der Waals surface area contributed by atoms with Gasteiger partial charge in [-0.3, -0.25) is 0 Å². The van der Waals surface area contributed by atoms with Gasteiger partial charge >= 0.3 is 5.97 Å². The molecule has 0 saturated heterocycles. The summed E-state index contributed by atoms with van der Waals surface area (Å²) < 4.78 is 4.64. The molecule has 0 aliphatic carbocycles. The number of esters is 1. The summed E-state index contributed by atoms with van der Waals surface area (Å²) in [5.41, 5.74) is 0.415. The first-order valence-corrected chi connectivity index (χ1v) is 3.33. The molecule has 11 heavy (non-hydrogen) atoms. The van der Waals surface area contributed by atoms with Crippen LogP contribution in [-0.2, 0) is 9.53 Å². The van der Waals surface area contributed by atoms with Crippen molar-refractivity contribution in [1.82, 2.24) is 0 Å². The normalized spacial score (nSPS) is 9.55. The Morgan fingerprint density at radius 3 is 2.73 bits per heavy atom. The van der Waals surface area contributed by atoms with E-state index in [4.69, 9.17) is 0 Å². The Labute approximate surface area is 66.9 Å². The van der Waals surface area contributed by atoms with Crippen LogP contribution in [0.2, 0.25) is 0 Å². The maximum absolute atomic E-state index is 10.9. The summed E-state index contributed by atoms with van der Waals surface area (Å²) in [4.78, 5) is 10.9. The summed E-state index contributed by atoms with van der Waals surface area (Å²) in [6.07, 6.45) is 5.05. The third-order valence-corrected chi connectivity index (χ3v) is 0.991. The zero-order valence-corrected chi connectivity index (χ0v) is 6.67. The Hall–Kier alpha value is -1.31. The van der Waals surface area contributed by atoms with E-state index in [2.05, 4.69) is 17.9 Å². The molecule has 0 heterocycles. The van der Waals surface area contributed by atoms with Gasteiger partial charge in [0.1, 0.15) is 0 Å². The Bertz CT molecular complexity index is 190. The summed E-state index contributed by atoms with van der Waals surface area (Å²) >= 11 is 0. The molecule has 0 aliphatic heterocycles. The van der Waals surface area contributed by atoms with Gasteiger partial charge in [-0.1, -0.05) is 18.7 Å². The summed E-state index contributed by atoms with van der Waals surface area (Å²) in [6, 6.07) is 0. The first-order chi connectivity index (χ1) is 5.22. The molecule has 0 aliphatic rings. The first-order valence-electron chi connectivity index (χ1n) is 3.33. The van der Waals surface area contributed by atoms with E-state index in [1.807, 2.05) is 0 Å². The van der Waals surface area contributed by atoms with Gasteiger partial charge in [0.15, 0.2) is 0 Å². The molecule has 60 valence electrons. The fourth-order valence-electron chi connectivity index (χ4n) is 0.471. The lowest BCUT2D eigenvalue weighted by Gasteiger charge is -1.98. The van der Waals surface area contributed by atoms with Crippen LogP contribution in [-0.4, -0.2) is 5.97 Å². The predicted molar refractivity (Wildman–Crippen MR) is 44.9 cm³/mol. The molecule has 0 bridgehead atoms. The minimum Gasteiger partial charge on any atom is -0.431 e. The molecule has 0 unspecified atom stereocenters. The minimum absolute atomic E-state index is 0.400. The van der Waals surface area contributed by atoms with Crippen molar-refractivity contribution in [2.75, 3.05) is 0 Å². The smallest absolute Gasteiger partial charge is 0.338 e. The molecule has 0 spiro atoms. The largest absolute Gasteiger partial charge is 0.431 e. The SMILES string of the molecule is C=CCC(=C)C(=O)OC=CC. The van der Waals surface area contributed by atoms with Gasteiger partial charge < -0.3 is 4.74 Å². The first kappa shape index (κ1) is 9.69. The van der Waals surface area contributed by atoms with Gasteiger partial charge in [0, 0.05) is 5.57 Å². The molecule has 0 atom stereocenters. The zero-order chi connectivity index (χ0) is 8.69. The molecule has 0 aromatic heterocycles. The second-order valence-electron chi connectivity index (χ2n) is 1.97. The van der Waals surface area contributed by atoms with Crippen LogP contribution >= 0.6 is 0 Å². The second-order valence-corrected chi connectivity index (χ2v) is 1.97. The molecular weight excluding hydrogens is 140 g/mol. The van der Waals surface area contributed by atoms with Crippen LogP contribution in [0.4, 0.5) is 0 Å². The number of carbonyl (C=O) groups excluding carboxylic acids is 1. The highest BCUT2D eigenvalue weighted by molar-refractivity contribution is 5.88. The highest BCUT2D eigenvalue weighted by Gasteiger charge is 2.03. The zero-order valence-electron chi connectivity index (χ0n) is 6.67. The fraction of sp³-hybridized carbons (Fsp3) is 0.222. The van der Waals surface area contributed by atoms with Crippen molar-refractivity contribution in [1.29, 1.82) is 0 Å². The van der Waals surface area contributed by atoms with Gasteiger partial charge in [0.05, 0.1) is 6.26 Å². The second kappa shape index (κ2) is 5.47. The Morgan fingerprint density at radius 1 is 1.64 bits per heavy atom. The van der Waals surface area contributed by atoms with Crippen LogP contribution in [0.1, 0.15) is 13.3 Å². The summed E-state index contributed by atoms with van der Waals surface area (Å²) in [5, 5.41) is 0. The molecule has 0 saturated carbocycles. The van der Waals surface area contributed by atoms with E-state index in [0.717, 1.165) is 0 Å². The van der Waals surface area contributed by atoms with E-state index in [-0.39, 0.29) is 0 Å². The predicted octanol–water partition coefficient (Wildman–Crippen LogP) is 2.20. The third-order valence-electron chi connectivity index (χ3n) is 0.991. The fourth-order valence-corrected chi connectivity index (χ4v) is 0.471. The van der Waals surface area contributed by atoms with Crippen molar-refractivity contribution < 1.29 is 9.53 Å². The molecule has 0 amide bonds. The number of ether oxygens (including phenoxy) is 1. The maximum Gasteiger partial charge on any atom is 0.338 e. The molecule has 0 fully saturated rings. The molecule has 0 aromatic carbocycles. The minimum atomic E-state index is -0.400. The van der Waals surface area contributed by atoms with Crippen LogP contribution in [0.5, 0.6) is 0 Å². The van der Waals surface area contributed by atoms with Crippen molar-refractivity contribution >= 4 is 5.97 Å². The lowest BCUT2D eigenvalue weighted by molar-refractivity contribution is -0.133. The van der Waals surface area contributed by atoms with Crippen molar-refractivity contribution in [3.8, 4) is 0 Å². The van der Waals surface area contributed by atoms with E-state index in [0.29, 0.717) is 12.0 Å². The number of hydrogen-bond acceptors (Lipinski definition) is 2. The van der Waals surface area contributed by atoms with Crippen molar-refractivity contribution in [3.63, 3.8) is 0 Å². The monoisotopic (exact) mass is 152 g/mol. The van der Waals surface area contributed by atoms with Gasteiger partial charge in [-0.15, -0.1) is 6.58 Å². The van der Waals surface area contributed by atoms with Crippen LogP contribution < -0.4 is 0 Å². The van der Waals surface area contributed by atoms with Crippen LogP contribution in [0.3, 0.4) is 0 Å². The number of carbonyl (C=O) groups is 1. The number of rotatable bonds is 4. The lowest BCUT2D eigenvalue weighted by Crippen LogP contribution is -2.01. The molecule has 2 heteroatoms. The van der Waals surface area contributed by atoms with Crippen molar-refractivity contribution in [2.24, 2.45) is 0 Å². The molecule has 0 N–H and O–H groups in total. The van der Waals surface area contributed by atoms with E-state index >= 15 is 0 Å². The average Bonchev–Trinajstić information content (AvgIpc) is 2.00. The Kier molecular flexibility index (Phi) is 4.82. The third kappa shape index (κ3) is 4.14. The average molecular weight is 152 g/mol. The van der Waals surface area contributed by atoms with Crippen LogP contribution in [0.15, 0.2) is 37.1 Å². The molecule has 2 nitrogen and oxygen atoms in total. The molecule has 0 radical (unpaired) electrons. The summed E-state index contributed by atoms with van der Waals surface area (Å²) in [6.45, 7) is 8.76. The van der Waals surface area contributed by atoms with Crippen LogP contribution in [0, 0.1) is 0 Å². The van der Waals surface area contributed by atoms with Crippen LogP contribution in [0.25, 0.3) is 0 Å². The van der Waals surface area contributed by atoms with E-state index < -0.39 is 5.97 Å². The maximum atomic E-state index is 10.9. The van der Waals surface area contributed by atoms with Gasteiger partial charge in [0.2, 0.25) is 0 Å². The Balaban J connectivity index is 3.83. The van der Waals surface area contributed by atoms with E-state index in [1.165, 1.54) is 6.26 Å². The summed E-state index contributed by atoms with van der Waals surface area (Å²) in [7, 11) is 0. The number of hydrogen-bond donors (Lipinski definition) is 0. The molecular formula is C9H12O2. The Morgan fingerprint density at radius 2 is 2.27 bits per heavy atom.